The summed E-state index contributed by atoms with van der Waals surface area (Å²) in [6.07, 6.45) is 8.47. The molecule has 114 valence electrons. The molecular formula is C18H22BrClO. The lowest BCUT2D eigenvalue weighted by Crippen LogP contribution is -2.52. The van der Waals surface area contributed by atoms with Crippen molar-refractivity contribution in [1.82, 2.24) is 0 Å². The third-order valence-corrected chi connectivity index (χ3v) is 7.07. The van der Waals surface area contributed by atoms with Crippen molar-refractivity contribution in [2.24, 2.45) is 23.2 Å². The van der Waals surface area contributed by atoms with E-state index in [-0.39, 0.29) is 11.5 Å². The SMILES string of the molecule is OC(Cc1ccc(Br)cc1Cl)C12CC3CC(CC(C3)C1)C2. The lowest BCUT2D eigenvalue weighted by Gasteiger charge is -2.58. The summed E-state index contributed by atoms with van der Waals surface area (Å²) in [7, 11) is 0. The van der Waals surface area contributed by atoms with Crippen LogP contribution in [0.2, 0.25) is 5.02 Å². The Bertz CT molecular complexity index is 521. The summed E-state index contributed by atoms with van der Waals surface area (Å²) in [6, 6.07) is 6.01. The monoisotopic (exact) mass is 368 g/mol. The van der Waals surface area contributed by atoms with Crippen LogP contribution in [0.25, 0.3) is 0 Å². The molecule has 0 saturated heterocycles. The number of halogens is 2. The third kappa shape index (κ3) is 2.58. The van der Waals surface area contributed by atoms with Crippen LogP contribution < -0.4 is 0 Å². The molecule has 0 aliphatic heterocycles. The molecule has 1 aromatic rings. The van der Waals surface area contributed by atoms with Crippen LogP contribution in [0.3, 0.4) is 0 Å². The van der Waals surface area contributed by atoms with Crippen molar-refractivity contribution >= 4 is 27.5 Å². The average Bonchev–Trinajstić information content (AvgIpc) is 2.40. The number of rotatable bonds is 3. The third-order valence-electron chi connectivity index (χ3n) is 6.22. The molecule has 1 N–H and O–H groups in total. The van der Waals surface area contributed by atoms with E-state index in [9.17, 15) is 5.11 Å². The molecule has 0 radical (unpaired) electrons. The second-order valence-corrected chi connectivity index (χ2v) is 9.06. The van der Waals surface area contributed by atoms with Gasteiger partial charge < -0.3 is 5.11 Å². The molecule has 4 fully saturated rings. The van der Waals surface area contributed by atoms with Crippen LogP contribution in [0, 0.1) is 23.2 Å². The molecule has 1 atom stereocenters. The second kappa shape index (κ2) is 5.25. The molecule has 5 rings (SSSR count). The van der Waals surface area contributed by atoms with Crippen molar-refractivity contribution < 1.29 is 5.11 Å². The quantitative estimate of drug-likeness (QED) is 0.774. The van der Waals surface area contributed by atoms with E-state index in [1.807, 2.05) is 12.1 Å². The van der Waals surface area contributed by atoms with Gasteiger partial charge in [0, 0.05) is 15.9 Å². The van der Waals surface area contributed by atoms with Gasteiger partial charge in [0.05, 0.1) is 6.10 Å². The van der Waals surface area contributed by atoms with Gasteiger partial charge in [-0.3, -0.25) is 0 Å². The van der Waals surface area contributed by atoms with E-state index in [1.165, 1.54) is 38.5 Å². The first-order valence-corrected chi connectivity index (χ1v) is 9.33. The molecule has 3 heteroatoms. The van der Waals surface area contributed by atoms with Crippen molar-refractivity contribution in [1.29, 1.82) is 0 Å². The molecule has 0 spiro atoms. The number of aliphatic hydroxyl groups excluding tert-OH is 1. The lowest BCUT2D eigenvalue weighted by atomic mass is 9.48. The summed E-state index contributed by atoms with van der Waals surface area (Å²) in [5, 5.41) is 11.8. The van der Waals surface area contributed by atoms with Crippen LogP contribution in [-0.2, 0) is 6.42 Å². The molecule has 1 nitrogen and oxygen atoms in total. The molecular weight excluding hydrogens is 348 g/mol. The van der Waals surface area contributed by atoms with Gasteiger partial charge in [-0.05, 0) is 79.4 Å². The minimum atomic E-state index is -0.232. The number of hydrogen-bond donors (Lipinski definition) is 1. The van der Waals surface area contributed by atoms with E-state index in [4.69, 9.17) is 11.6 Å². The van der Waals surface area contributed by atoms with Crippen LogP contribution >= 0.6 is 27.5 Å². The van der Waals surface area contributed by atoms with Gasteiger partial charge in [0.2, 0.25) is 0 Å². The smallest absolute Gasteiger partial charge is 0.0637 e. The van der Waals surface area contributed by atoms with Gasteiger partial charge in [-0.1, -0.05) is 33.6 Å². The van der Waals surface area contributed by atoms with Crippen molar-refractivity contribution in [2.75, 3.05) is 0 Å². The van der Waals surface area contributed by atoms with Crippen LogP contribution in [0.5, 0.6) is 0 Å². The molecule has 4 aliphatic rings. The highest BCUT2D eigenvalue weighted by molar-refractivity contribution is 9.10. The van der Waals surface area contributed by atoms with Crippen LogP contribution in [0.1, 0.15) is 44.1 Å². The highest BCUT2D eigenvalue weighted by atomic mass is 79.9. The molecule has 4 saturated carbocycles. The average molecular weight is 370 g/mol. The largest absolute Gasteiger partial charge is 0.392 e. The number of benzene rings is 1. The van der Waals surface area contributed by atoms with Gasteiger partial charge in [0.1, 0.15) is 0 Å². The van der Waals surface area contributed by atoms with E-state index >= 15 is 0 Å². The Morgan fingerprint density at radius 1 is 1.14 bits per heavy atom. The van der Waals surface area contributed by atoms with E-state index < -0.39 is 0 Å². The summed E-state index contributed by atoms with van der Waals surface area (Å²) < 4.78 is 1.00. The number of aliphatic hydroxyl groups is 1. The standard InChI is InChI=1S/C18H22BrClO/c19-15-2-1-14(16(20)7-15)6-17(21)18-8-11-3-12(9-18)5-13(4-11)10-18/h1-2,7,11-13,17,21H,3-6,8-10H2. The molecule has 4 aliphatic carbocycles. The maximum atomic E-state index is 11.0. The summed E-state index contributed by atoms with van der Waals surface area (Å²) in [5.74, 6) is 2.64. The Kier molecular flexibility index (Phi) is 3.63. The molecule has 0 amide bonds. The molecule has 21 heavy (non-hydrogen) atoms. The zero-order valence-corrected chi connectivity index (χ0v) is 14.5. The highest BCUT2D eigenvalue weighted by Crippen LogP contribution is 2.61. The van der Waals surface area contributed by atoms with Crippen molar-refractivity contribution in [2.45, 2.75) is 51.0 Å². The Hall–Kier alpha value is -0.0500. The fraction of sp³-hybridized carbons (Fsp3) is 0.667. The molecule has 1 aromatic carbocycles. The normalized spacial score (nSPS) is 38.7. The Morgan fingerprint density at radius 2 is 1.71 bits per heavy atom. The van der Waals surface area contributed by atoms with Gasteiger partial charge in [-0.2, -0.15) is 0 Å². The zero-order valence-electron chi connectivity index (χ0n) is 12.2. The fourth-order valence-electron chi connectivity index (χ4n) is 5.70. The molecule has 4 bridgehead atoms. The Labute approximate surface area is 140 Å². The predicted octanol–water partition coefficient (Wildman–Crippen LogP) is 5.22. The zero-order chi connectivity index (χ0) is 14.6. The van der Waals surface area contributed by atoms with Gasteiger partial charge in [-0.15, -0.1) is 0 Å². The highest BCUT2D eigenvalue weighted by Gasteiger charge is 2.53. The molecule has 0 heterocycles. The first-order valence-electron chi connectivity index (χ1n) is 8.16. The van der Waals surface area contributed by atoms with Crippen molar-refractivity contribution in [3.05, 3.63) is 33.3 Å². The van der Waals surface area contributed by atoms with Gasteiger partial charge >= 0.3 is 0 Å². The Morgan fingerprint density at radius 3 is 2.24 bits per heavy atom. The van der Waals surface area contributed by atoms with E-state index in [1.54, 1.807) is 0 Å². The van der Waals surface area contributed by atoms with E-state index in [2.05, 4.69) is 22.0 Å². The summed E-state index contributed by atoms with van der Waals surface area (Å²) >= 11 is 9.79. The van der Waals surface area contributed by atoms with Gasteiger partial charge in [0.15, 0.2) is 0 Å². The minimum Gasteiger partial charge on any atom is -0.392 e. The summed E-state index contributed by atoms with van der Waals surface area (Å²) in [5.41, 5.74) is 1.27. The second-order valence-electron chi connectivity index (χ2n) is 7.74. The first-order chi connectivity index (χ1) is 10.0. The van der Waals surface area contributed by atoms with Crippen molar-refractivity contribution in [3.8, 4) is 0 Å². The van der Waals surface area contributed by atoms with Crippen LogP contribution in [0.15, 0.2) is 22.7 Å². The fourth-order valence-corrected chi connectivity index (χ4v) is 6.45. The van der Waals surface area contributed by atoms with Gasteiger partial charge in [0.25, 0.3) is 0 Å². The summed E-state index contributed by atoms with van der Waals surface area (Å²) in [6.45, 7) is 0. The van der Waals surface area contributed by atoms with E-state index in [0.717, 1.165) is 32.8 Å². The van der Waals surface area contributed by atoms with Crippen molar-refractivity contribution in [3.63, 3.8) is 0 Å². The van der Waals surface area contributed by atoms with E-state index in [0.29, 0.717) is 6.42 Å². The van der Waals surface area contributed by atoms with Gasteiger partial charge in [-0.25, -0.2) is 0 Å². The number of hydrogen-bond acceptors (Lipinski definition) is 1. The van der Waals surface area contributed by atoms with Crippen LogP contribution in [0.4, 0.5) is 0 Å². The van der Waals surface area contributed by atoms with Crippen LogP contribution in [-0.4, -0.2) is 11.2 Å². The molecule has 0 aromatic heterocycles. The predicted molar refractivity (Wildman–Crippen MR) is 89.5 cm³/mol. The summed E-state index contributed by atoms with van der Waals surface area (Å²) in [4.78, 5) is 0. The lowest BCUT2D eigenvalue weighted by molar-refractivity contribution is -0.119. The topological polar surface area (TPSA) is 20.2 Å². The maximum Gasteiger partial charge on any atom is 0.0637 e. The Balaban J connectivity index is 1.56. The first kappa shape index (κ1) is 14.5. The minimum absolute atomic E-state index is 0.186. The maximum absolute atomic E-state index is 11.0. The molecule has 1 unspecified atom stereocenters.